The van der Waals surface area contributed by atoms with Crippen LogP contribution in [0.2, 0.25) is 0 Å². The van der Waals surface area contributed by atoms with Gasteiger partial charge in [0.2, 0.25) is 0 Å². The Hall–Kier alpha value is -0.606. The number of benzene rings is 1. The Kier molecular flexibility index (Phi) is 5.79. The fraction of sp³-hybridized carbons (Fsp3) is 0. The Bertz CT molecular complexity index is 179. The molecule has 64 valence electrons. The predicted molar refractivity (Wildman–Crippen MR) is 40.7 cm³/mol. The maximum absolute atomic E-state index is 6.53. The minimum Gasteiger partial charge on any atom is -0.596 e. The van der Waals surface area contributed by atoms with Crippen LogP contribution >= 0.6 is 0 Å². The molecule has 4 N–H and O–H groups in total. The van der Waals surface area contributed by atoms with Gasteiger partial charge in [-0.15, -0.1) is 0 Å². The maximum atomic E-state index is 6.53. The zero-order chi connectivity index (χ0) is 7.23. The molecule has 0 amide bonds. The van der Waals surface area contributed by atoms with Crippen molar-refractivity contribution in [2.45, 2.75) is 0 Å². The quantitative estimate of drug-likeness (QED) is 0.500. The molecule has 5 heteroatoms. The SMILES string of the molecule is [NH-]NNNc1ccccc1.[Ni]. The topological polar surface area (TPSA) is 59.9 Å². The van der Waals surface area contributed by atoms with Crippen LogP contribution in [-0.4, -0.2) is 0 Å². The standard InChI is InChI=1S/C6H9N4.Ni/c7-9-10-8-6-4-2-1-3-5-6;/h1-5,7-10H;/q-1;. The zero-order valence-electron chi connectivity index (χ0n) is 5.70. The molecule has 11 heavy (non-hydrogen) atoms. The van der Waals surface area contributed by atoms with Crippen LogP contribution in [-0.2, 0) is 16.5 Å². The average Bonchev–Trinajstić information content (AvgIpc) is 2.03. The molecule has 1 aromatic rings. The number of hydrazine groups is 2. The van der Waals surface area contributed by atoms with Gasteiger partial charge >= 0.3 is 0 Å². The Labute approximate surface area is 75.4 Å². The van der Waals surface area contributed by atoms with Crippen LogP contribution in [0, 0.1) is 0 Å². The van der Waals surface area contributed by atoms with E-state index in [0.29, 0.717) is 0 Å². The van der Waals surface area contributed by atoms with Crippen LogP contribution in [0.4, 0.5) is 5.69 Å². The molecule has 0 bridgehead atoms. The van der Waals surface area contributed by atoms with Crippen LogP contribution < -0.4 is 16.5 Å². The molecular formula is C6H9N4Ni-. The van der Waals surface area contributed by atoms with Crippen molar-refractivity contribution in [2.75, 3.05) is 5.43 Å². The van der Waals surface area contributed by atoms with Gasteiger partial charge in [0.1, 0.15) is 0 Å². The zero-order valence-corrected chi connectivity index (χ0v) is 6.69. The van der Waals surface area contributed by atoms with Crippen molar-refractivity contribution < 1.29 is 16.5 Å². The summed E-state index contributed by atoms with van der Waals surface area (Å²) in [5.74, 6) is 6.53. The molecule has 0 aliphatic heterocycles. The molecule has 0 heterocycles. The molecule has 0 atom stereocenters. The second kappa shape index (κ2) is 6.13. The summed E-state index contributed by atoms with van der Waals surface area (Å²) in [6.07, 6.45) is 0. The summed E-state index contributed by atoms with van der Waals surface area (Å²) in [5.41, 5.74) is 8.10. The molecule has 0 saturated heterocycles. The Morgan fingerprint density at radius 1 is 1.09 bits per heavy atom. The molecule has 0 spiro atoms. The normalized spacial score (nSPS) is 8.45. The number of para-hydroxylation sites is 1. The molecule has 1 aromatic carbocycles. The number of hydrogen-bond donors (Lipinski definition) is 3. The largest absolute Gasteiger partial charge is 0.596 e. The molecular weight excluding hydrogens is 187 g/mol. The van der Waals surface area contributed by atoms with E-state index in [1.54, 1.807) is 0 Å². The fourth-order valence-corrected chi connectivity index (χ4v) is 0.625. The van der Waals surface area contributed by atoms with Gasteiger partial charge in [-0.3, -0.25) is 0 Å². The average molecular weight is 196 g/mol. The van der Waals surface area contributed by atoms with Gasteiger partial charge in [0, 0.05) is 16.5 Å². The second-order valence-electron chi connectivity index (χ2n) is 1.74. The van der Waals surface area contributed by atoms with Crippen LogP contribution in [0.15, 0.2) is 30.3 Å². The molecule has 0 aliphatic rings. The second-order valence-corrected chi connectivity index (χ2v) is 1.74. The van der Waals surface area contributed by atoms with Crippen LogP contribution in [0.1, 0.15) is 0 Å². The van der Waals surface area contributed by atoms with Crippen molar-refractivity contribution in [1.82, 2.24) is 11.1 Å². The van der Waals surface area contributed by atoms with E-state index >= 15 is 0 Å². The molecule has 0 aromatic heterocycles. The first-order chi connectivity index (χ1) is 4.93. The van der Waals surface area contributed by atoms with Gasteiger partial charge in [-0.05, 0) is 12.1 Å². The first kappa shape index (κ1) is 10.4. The molecule has 4 nitrogen and oxygen atoms in total. The molecule has 0 radical (unpaired) electrons. The Morgan fingerprint density at radius 2 is 1.73 bits per heavy atom. The van der Waals surface area contributed by atoms with Gasteiger partial charge in [0.15, 0.2) is 0 Å². The smallest absolute Gasteiger partial charge is 0.0500 e. The van der Waals surface area contributed by atoms with Crippen molar-refractivity contribution in [2.24, 2.45) is 0 Å². The molecule has 0 fully saturated rings. The van der Waals surface area contributed by atoms with E-state index in [1.807, 2.05) is 35.9 Å². The monoisotopic (exact) mass is 195 g/mol. The third-order valence-electron chi connectivity index (χ3n) is 1.04. The molecule has 0 unspecified atom stereocenters. The summed E-state index contributed by atoms with van der Waals surface area (Å²) in [6, 6.07) is 9.54. The van der Waals surface area contributed by atoms with Crippen molar-refractivity contribution in [3.8, 4) is 0 Å². The Morgan fingerprint density at radius 3 is 2.27 bits per heavy atom. The minimum absolute atomic E-state index is 0. The summed E-state index contributed by atoms with van der Waals surface area (Å²) in [4.78, 5) is 0. The number of rotatable bonds is 3. The number of anilines is 1. The predicted octanol–water partition coefficient (Wildman–Crippen LogP) is 1.07. The first-order valence-electron chi connectivity index (χ1n) is 2.91. The Balaban J connectivity index is 0.000001000. The van der Waals surface area contributed by atoms with E-state index in [0.717, 1.165) is 5.69 Å². The summed E-state index contributed by atoms with van der Waals surface area (Å²) < 4.78 is 0. The summed E-state index contributed by atoms with van der Waals surface area (Å²) in [5, 5.41) is 0. The van der Waals surface area contributed by atoms with Gasteiger partial charge < -0.3 is 16.8 Å². The fourth-order valence-electron chi connectivity index (χ4n) is 0.625. The van der Waals surface area contributed by atoms with Gasteiger partial charge in [0.25, 0.3) is 0 Å². The van der Waals surface area contributed by atoms with Crippen molar-refractivity contribution in [3.05, 3.63) is 36.2 Å². The van der Waals surface area contributed by atoms with E-state index in [1.165, 1.54) is 0 Å². The van der Waals surface area contributed by atoms with Crippen LogP contribution in [0.3, 0.4) is 0 Å². The summed E-state index contributed by atoms with van der Waals surface area (Å²) in [6.45, 7) is 0. The van der Waals surface area contributed by atoms with Gasteiger partial charge in [0.05, 0.1) is 5.69 Å². The van der Waals surface area contributed by atoms with Crippen molar-refractivity contribution in [1.29, 1.82) is 0 Å². The van der Waals surface area contributed by atoms with Crippen molar-refractivity contribution >= 4 is 5.69 Å². The van der Waals surface area contributed by atoms with Crippen molar-refractivity contribution in [3.63, 3.8) is 0 Å². The van der Waals surface area contributed by atoms with Gasteiger partial charge in [-0.25, -0.2) is 0 Å². The maximum Gasteiger partial charge on any atom is 0.0500 e. The number of nitrogens with one attached hydrogen (secondary N) is 4. The first-order valence-corrected chi connectivity index (χ1v) is 2.91. The number of hydrogen-bond acceptors (Lipinski definition) is 3. The van der Waals surface area contributed by atoms with Crippen LogP contribution in [0.25, 0.3) is 5.84 Å². The van der Waals surface area contributed by atoms with E-state index < -0.39 is 0 Å². The van der Waals surface area contributed by atoms with E-state index in [-0.39, 0.29) is 16.5 Å². The van der Waals surface area contributed by atoms with E-state index in [2.05, 4.69) is 11.0 Å². The van der Waals surface area contributed by atoms with E-state index in [4.69, 9.17) is 5.84 Å². The molecule has 0 saturated carbocycles. The molecule has 0 aliphatic carbocycles. The van der Waals surface area contributed by atoms with Gasteiger partial charge in [-0.2, -0.15) is 5.53 Å². The third kappa shape index (κ3) is 3.96. The van der Waals surface area contributed by atoms with Crippen LogP contribution in [0.5, 0.6) is 0 Å². The third-order valence-corrected chi connectivity index (χ3v) is 1.04. The summed E-state index contributed by atoms with van der Waals surface area (Å²) >= 11 is 0. The van der Waals surface area contributed by atoms with E-state index in [9.17, 15) is 0 Å². The summed E-state index contributed by atoms with van der Waals surface area (Å²) in [7, 11) is 0. The minimum atomic E-state index is 0. The van der Waals surface area contributed by atoms with Gasteiger partial charge in [-0.1, -0.05) is 18.2 Å². The molecule has 1 rings (SSSR count).